The molecule has 0 bridgehead atoms. The Bertz CT molecular complexity index is 2450. The lowest BCUT2D eigenvalue weighted by Crippen LogP contribution is -2.39. The predicted octanol–water partition coefficient (Wildman–Crippen LogP) is 6.86. The molecule has 0 saturated heterocycles. The van der Waals surface area contributed by atoms with Gasteiger partial charge in [-0.15, -0.1) is 11.3 Å². The zero-order valence-electron chi connectivity index (χ0n) is 27.6. The van der Waals surface area contributed by atoms with E-state index in [1.54, 1.807) is 23.6 Å². The van der Waals surface area contributed by atoms with Gasteiger partial charge in [0.1, 0.15) is 18.4 Å². The Balaban J connectivity index is 1.25. The van der Waals surface area contributed by atoms with E-state index in [1.165, 1.54) is 22.7 Å². The van der Waals surface area contributed by atoms with E-state index in [-0.39, 0.29) is 12.2 Å². The molecule has 248 valence electrons. The Hall–Kier alpha value is -5.76. The summed E-state index contributed by atoms with van der Waals surface area (Å²) in [5.74, 6) is 0.247. The van der Waals surface area contributed by atoms with E-state index in [0.29, 0.717) is 32.8 Å². The zero-order valence-corrected chi connectivity index (χ0v) is 29.3. The monoisotopic (exact) mass is 696 g/mol. The van der Waals surface area contributed by atoms with Crippen molar-refractivity contribution in [2.75, 3.05) is 6.61 Å². The molecule has 1 aliphatic heterocycles. The summed E-state index contributed by atoms with van der Waals surface area (Å²) >= 11 is 2.80. The number of carbonyl (C=O) groups excluding carboxylic acids is 1. The number of nitriles is 1. The van der Waals surface area contributed by atoms with E-state index >= 15 is 0 Å². The molecule has 0 spiro atoms. The molecule has 0 unspecified atom stereocenters. The molecule has 4 heterocycles. The SMILES string of the molecule is CCOC(=O)C1=C(c2ccccc2)N=c2s/c(=C/c3cc(C)n(-c4ccc(OCc5ccc(C#N)cc5)cc4)c3C)c(=O)n2[C@H]1c1cccs1. The second-order valence-electron chi connectivity index (χ2n) is 11.7. The number of aromatic nitrogens is 2. The highest BCUT2D eigenvalue weighted by Crippen LogP contribution is 2.37. The van der Waals surface area contributed by atoms with Crippen LogP contribution < -0.4 is 19.6 Å². The van der Waals surface area contributed by atoms with Crippen molar-refractivity contribution in [2.45, 2.75) is 33.4 Å². The minimum absolute atomic E-state index is 0.204. The Morgan fingerprint density at radius 3 is 2.44 bits per heavy atom. The third-order valence-corrected chi connectivity index (χ3v) is 10.4. The lowest BCUT2D eigenvalue weighted by molar-refractivity contribution is -0.138. The van der Waals surface area contributed by atoms with Gasteiger partial charge < -0.3 is 14.0 Å². The average molecular weight is 697 g/mol. The van der Waals surface area contributed by atoms with Crippen LogP contribution in [0.2, 0.25) is 0 Å². The molecule has 3 aromatic carbocycles. The third kappa shape index (κ3) is 6.25. The van der Waals surface area contributed by atoms with Crippen molar-refractivity contribution in [1.82, 2.24) is 9.13 Å². The standard InChI is InChI=1S/C40H32N4O4S2/c1-4-47-39(46)35-36(29-9-6-5-7-10-29)42-40-44(37(35)33-11-8-20-49-33)38(45)34(50-40)22-30-21-25(2)43(26(30)3)31-16-18-32(19-17-31)48-24-28-14-12-27(23-41)13-15-28/h5-22,37H,4,24H2,1-3H3/b34-22+/t37-/m0/s1. The molecule has 1 aliphatic rings. The number of aryl methyl sites for hydroxylation is 1. The van der Waals surface area contributed by atoms with Gasteiger partial charge >= 0.3 is 5.97 Å². The molecule has 6 aromatic rings. The van der Waals surface area contributed by atoms with Gasteiger partial charge in [0, 0.05) is 27.5 Å². The van der Waals surface area contributed by atoms with Gasteiger partial charge in [-0.25, -0.2) is 9.79 Å². The molecule has 50 heavy (non-hydrogen) atoms. The van der Waals surface area contributed by atoms with E-state index in [4.69, 9.17) is 19.7 Å². The molecule has 0 N–H and O–H groups in total. The number of thiophene rings is 1. The Kier molecular flexibility index (Phi) is 9.17. The van der Waals surface area contributed by atoms with Gasteiger partial charge in [-0.05, 0) is 91.9 Å². The van der Waals surface area contributed by atoms with Crippen LogP contribution >= 0.6 is 22.7 Å². The molecule has 1 atom stereocenters. The van der Waals surface area contributed by atoms with Gasteiger partial charge in [0.2, 0.25) is 0 Å². The lowest BCUT2D eigenvalue weighted by Gasteiger charge is -2.24. The summed E-state index contributed by atoms with van der Waals surface area (Å²) in [6.45, 7) is 6.45. The third-order valence-electron chi connectivity index (χ3n) is 8.53. The number of rotatable bonds is 9. The molecule has 0 radical (unpaired) electrons. The Morgan fingerprint density at radius 1 is 1.00 bits per heavy atom. The van der Waals surface area contributed by atoms with Crippen LogP contribution in [0.3, 0.4) is 0 Å². The first-order chi connectivity index (χ1) is 24.4. The molecule has 0 amide bonds. The van der Waals surface area contributed by atoms with E-state index in [0.717, 1.165) is 44.4 Å². The number of thiazole rings is 1. The zero-order chi connectivity index (χ0) is 34.8. The minimum Gasteiger partial charge on any atom is -0.489 e. The Morgan fingerprint density at radius 2 is 1.76 bits per heavy atom. The lowest BCUT2D eigenvalue weighted by atomic mass is 9.97. The van der Waals surface area contributed by atoms with Crippen LogP contribution in [0.1, 0.15) is 51.5 Å². The molecule has 0 saturated carbocycles. The van der Waals surface area contributed by atoms with Crippen molar-refractivity contribution in [3.05, 3.63) is 166 Å². The maximum Gasteiger partial charge on any atom is 0.338 e. The number of fused-ring (bicyclic) bond motifs is 1. The first-order valence-corrected chi connectivity index (χ1v) is 17.8. The fourth-order valence-electron chi connectivity index (χ4n) is 6.16. The summed E-state index contributed by atoms with van der Waals surface area (Å²) < 4.78 is 15.8. The highest BCUT2D eigenvalue weighted by molar-refractivity contribution is 7.10. The predicted molar refractivity (Wildman–Crippen MR) is 196 cm³/mol. The highest BCUT2D eigenvalue weighted by atomic mass is 32.1. The van der Waals surface area contributed by atoms with Crippen LogP contribution in [0.25, 0.3) is 17.5 Å². The average Bonchev–Trinajstić information content (AvgIpc) is 3.86. The molecular formula is C40H32N4O4S2. The van der Waals surface area contributed by atoms with Crippen LogP contribution in [0.4, 0.5) is 0 Å². The maximum absolute atomic E-state index is 14.3. The van der Waals surface area contributed by atoms with E-state index < -0.39 is 12.0 Å². The van der Waals surface area contributed by atoms with Gasteiger partial charge in [-0.2, -0.15) is 5.26 Å². The van der Waals surface area contributed by atoms with Crippen molar-refractivity contribution >= 4 is 40.4 Å². The quantitative estimate of drug-likeness (QED) is 0.154. The van der Waals surface area contributed by atoms with Gasteiger partial charge in [-0.1, -0.05) is 59.9 Å². The molecule has 7 rings (SSSR count). The number of hydrogen-bond acceptors (Lipinski definition) is 8. The minimum atomic E-state index is -0.673. The summed E-state index contributed by atoms with van der Waals surface area (Å²) in [7, 11) is 0. The van der Waals surface area contributed by atoms with Crippen molar-refractivity contribution in [3.8, 4) is 17.5 Å². The topological polar surface area (TPSA) is 98.6 Å². The number of esters is 1. The molecule has 10 heteroatoms. The molecule has 0 aliphatic carbocycles. The summed E-state index contributed by atoms with van der Waals surface area (Å²) in [4.78, 5) is 34.2. The first-order valence-electron chi connectivity index (χ1n) is 16.1. The summed E-state index contributed by atoms with van der Waals surface area (Å²) in [5, 5.41) is 11.0. The maximum atomic E-state index is 14.3. The summed E-state index contributed by atoms with van der Waals surface area (Å²) in [6, 6.07) is 32.2. The Labute approximate surface area is 296 Å². The van der Waals surface area contributed by atoms with Crippen LogP contribution in [-0.4, -0.2) is 21.7 Å². The highest BCUT2D eigenvalue weighted by Gasteiger charge is 2.35. The number of ether oxygens (including phenoxy) is 2. The smallest absolute Gasteiger partial charge is 0.338 e. The molecule has 3 aromatic heterocycles. The van der Waals surface area contributed by atoms with Crippen LogP contribution in [0.5, 0.6) is 5.75 Å². The van der Waals surface area contributed by atoms with Crippen LogP contribution in [0, 0.1) is 25.2 Å². The number of hydrogen-bond donors (Lipinski definition) is 0. The van der Waals surface area contributed by atoms with E-state index in [2.05, 4.69) is 16.7 Å². The number of carbonyl (C=O) groups is 1. The second-order valence-corrected chi connectivity index (χ2v) is 13.7. The van der Waals surface area contributed by atoms with Gasteiger partial charge in [0.05, 0.1) is 34.0 Å². The molecule has 0 fully saturated rings. The van der Waals surface area contributed by atoms with Gasteiger partial charge in [-0.3, -0.25) is 9.36 Å². The fourth-order valence-corrected chi connectivity index (χ4v) is 7.98. The van der Waals surface area contributed by atoms with Crippen molar-refractivity contribution in [3.63, 3.8) is 0 Å². The fraction of sp³-hybridized carbons (Fsp3) is 0.150. The molecule has 8 nitrogen and oxygen atoms in total. The first kappa shape index (κ1) is 32.8. The van der Waals surface area contributed by atoms with E-state index in [9.17, 15) is 9.59 Å². The van der Waals surface area contributed by atoms with Gasteiger partial charge in [0.25, 0.3) is 5.56 Å². The van der Waals surface area contributed by atoms with E-state index in [1.807, 2.05) is 104 Å². The van der Waals surface area contributed by atoms with Crippen molar-refractivity contribution < 1.29 is 14.3 Å². The van der Waals surface area contributed by atoms with Crippen LogP contribution in [0.15, 0.2) is 118 Å². The molecular weight excluding hydrogens is 665 g/mol. The summed E-state index contributed by atoms with van der Waals surface area (Å²) in [6.07, 6.45) is 1.92. The number of benzene rings is 3. The van der Waals surface area contributed by atoms with Crippen molar-refractivity contribution in [2.24, 2.45) is 4.99 Å². The summed E-state index contributed by atoms with van der Waals surface area (Å²) in [5.41, 5.74) is 6.90. The van der Waals surface area contributed by atoms with Crippen LogP contribution in [-0.2, 0) is 16.1 Å². The largest absolute Gasteiger partial charge is 0.489 e. The normalized spacial score (nSPS) is 14.2. The number of nitrogens with zero attached hydrogens (tertiary/aromatic N) is 4. The van der Waals surface area contributed by atoms with Crippen molar-refractivity contribution in [1.29, 1.82) is 5.26 Å². The second kappa shape index (κ2) is 14.0. The van der Waals surface area contributed by atoms with Gasteiger partial charge in [0.15, 0.2) is 4.80 Å².